The summed E-state index contributed by atoms with van der Waals surface area (Å²) in [5, 5.41) is 12.4. The van der Waals surface area contributed by atoms with Gasteiger partial charge in [-0.15, -0.1) is 0 Å². The Hall–Kier alpha value is -4.04. The molecule has 140 valence electrons. The van der Waals surface area contributed by atoms with Gasteiger partial charge in [0, 0.05) is 29.7 Å². The van der Waals surface area contributed by atoms with Crippen molar-refractivity contribution in [2.45, 2.75) is 0 Å². The fourth-order valence-electron chi connectivity index (χ4n) is 2.37. The number of hydrogen-bond acceptors (Lipinski definition) is 5. The van der Waals surface area contributed by atoms with Gasteiger partial charge >= 0.3 is 0 Å². The minimum absolute atomic E-state index is 0.381. The first-order valence-electron chi connectivity index (χ1n) is 8.30. The van der Waals surface area contributed by atoms with Gasteiger partial charge in [-0.1, -0.05) is 24.3 Å². The summed E-state index contributed by atoms with van der Waals surface area (Å²) >= 11 is 0. The van der Waals surface area contributed by atoms with E-state index in [0.29, 0.717) is 11.1 Å². The molecule has 0 saturated carbocycles. The largest absolute Gasteiger partial charge is 0.306 e. The lowest BCUT2D eigenvalue weighted by atomic mass is 10.1. The van der Waals surface area contributed by atoms with Crippen molar-refractivity contribution >= 4 is 24.1 Å². The van der Waals surface area contributed by atoms with Crippen LogP contribution in [0.5, 0.6) is 0 Å². The van der Waals surface area contributed by atoms with E-state index in [0.717, 1.165) is 17.3 Å². The molecule has 1 aromatic heterocycles. The quantitative estimate of drug-likeness (QED) is 0.265. The maximum Gasteiger partial charge on any atom is 0.271 e. The lowest BCUT2D eigenvalue weighted by Crippen LogP contribution is -2.17. The fourth-order valence-corrected chi connectivity index (χ4v) is 2.37. The van der Waals surface area contributed by atoms with Gasteiger partial charge in [0.25, 0.3) is 11.8 Å². The molecule has 8 heteroatoms. The molecule has 0 radical (unpaired) electrons. The Bertz CT molecular complexity index is 1010. The Balaban J connectivity index is 1.60. The average Bonchev–Trinajstić information content (AvgIpc) is 3.27. The van der Waals surface area contributed by atoms with E-state index in [1.807, 2.05) is 35.0 Å². The third-order valence-corrected chi connectivity index (χ3v) is 3.76. The number of benzene rings is 2. The van der Waals surface area contributed by atoms with Crippen LogP contribution in [0.3, 0.4) is 0 Å². The van der Waals surface area contributed by atoms with Gasteiger partial charge < -0.3 is 4.57 Å². The number of carbonyl (C=O) groups excluding carboxylic acids is 2. The summed E-state index contributed by atoms with van der Waals surface area (Å²) in [4.78, 5) is 27.2. The van der Waals surface area contributed by atoms with Crippen LogP contribution in [0.4, 0.5) is 0 Å². The Morgan fingerprint density at radius 2 is 1.93 bits per heavy atom. The number of imidazole rings is 1. The van der Waals surface area contributed by atoms with E-state index < -0.39 is 5.91 Å². The molecule has 0 aliphatic rings. The van der Waals surface area contributed by atoms with Crippen LogP contribution in [0.25, 0.3) is 11.8 Å². The molecule has 3 N–H and O–H groups in total. The molecule has 8 nitrogen and oxygen atoms in total. The van der Waals surface area contributed by atoms with Gasteiger partial charge in [-0.25, -0.2) is 15.9 Å². The van der Waals surface area contributed by atoms with Crippen LogP contribution >= 0.6 is 0 Å². The van der Waals surface area contributed by atoms with Gasteiger partial charge in [0.1, 0.15) is 0 Å². The van der Waals surface area contributed by atoms with Gasteiger partial charge in [-0.3, -0.25) is 14.8 Å². The number of rotatable bonds is 6. The summed E-state index contributed by atoms with van der Waals surface area (Å²) in [5.41, 5.74) is 6.79. The van der Waals surface area contributed by atoms with Crippen molar-refractivity contribution in [1.82, 2.24) is 20.5 Å². The van der Waals surface area contributed by atoms with Gasteiger partial charge in [0.2, 0.25) is 0 Å². The van der Waals surface area contributed by atoms with Crippen molar-refractivity contribution in [3.63, 3.8) is 0 Å². The molecule has 0 spiro atoms. The molecule has 0 atom stereocenters. The molecular formula is C20H17N5O3. The predicted molar refractivity (Wildman–Crippen MR) is 104 cm³/mol. The molecule has 0 bridgehead atoms. The molecule has 3 rings (SSSR count). The Morgan fingerprint density at radius 1 is 1.11 bits per heavy atom. The van der Waals surface area contributed by atoms with E-state index in [1.54, 1.807) is 43.0 Å². The van der Waals surface area contributed by atoms with Crippen LogP contribution < -0.4 is 10.9 Å². The molecule has 2 amide bonds. The topological polar surface area (TPSA) is 109 Å². The van der Waals surface area contributed by atoms with Crippen molar-refractivity contribution < 1.29 is 14.8 Å². The summed E-state index contributed by atoms with van der Waals surface area (Å²) in [7, 11) is 0. The Kier molecular flexibility index (Phi) is 6.06. The molecule has 3 aromatic rings. The number of hydroxylamine groups is 1. The molecule has 0 aliphatic carbocycles. The Labute approximate surface area is 160 Å². The van der Waals surface area contributed by atoms with Crippen molar-refractivity contribution in [1.29, 1.82) is 0 Å². The summed E-state index contributed by atoms with van der Waals surface area (Å²) in [6.07, 6.45) is 9.45. The van der Waals surface area contributed by atoms with Gasteiger partial charge in [0.05, 0.1) is 12.5 Å². The third-order valence-electron chi connectivity index (χ3n) is 3.76. The van der Waals surface area contributed by atoms with Gasteiger partial charge in [0.15, 0.2) is 0 Å². The molecule has 0 unspecified atom stereocenters. The molecule has 28 heavy (non-hydrogen) atoms. The summed E-state index contributed by atoms with van der Waals surface area (Å²) in [5.74, 6) is -1.04. The van der Waals surface area contributed by atoms with E-state index >= 15 is 0 Å². The number of hydrazone groups is 1. The number of hydrogen-bond donors (Lipinski definition) is 3. The third kappa shape index (κ3) is 4.99. The average molecular weight is 375 g/mol. The minimum Gasteiger partial charge on any atom is -0.306 e. The predicted octanol–water partition coefficient (Wildman–Crippen LogP) is 2.15. The summed E-state index contributed by atoms with van der Waals surface area (Å²) < 4.78 is 1.88. The maximum atomic E-state index is 12.2. The first-order chi connectivity index (χ1) is 13.7. The van der Waals surface area contributed by atoms with E-state index in [-0.39, 0.29) is 5.91 Å². The van der Waals surface area contributed by atoms with Gasteiger partial charge in [-0.2, -0.15) is 5.10 Å². The summed E-state index contributed by atoms with van der Waals surface area (Å²) in [6, 6.07) is 14.2. The van der Waals surface area contributed by atoms with Crippen molar-refractivity contribution in [2.75, 3.05) is 0 Å². The zero-order chi connectivity index (χ0) is 19.8. The van der Waals surface area contributed by atoms with Crippen LogP contribution in [-0.4, -0.2) is 32.8 Å². The van der Waals surface area contributed by atoms with Crippen LogP contribution in [0, 0.1) is 0 Å². The number of carbonyl (C=O) groups is 2. The molecule has 0 fully saturated rings. The van der Waals surface area contributed by atoms with Crippen molar-refractivity contribution in [3.8, 4) is 5.69 Å². The fraction of sp³-hybridized carbons (Fsp3) is 0. The maximum absolute atomic E-state index is 12.2. The van der Waals surface area contributed by atoms with E-state index in [4.69, 9.17) is 5.21 Å². The molecule has 1 heterocycles. The Morgan fingerprint density at radius 3 is 2.64 bits per heavy atom. The highest BCUT2D eigenvalue weighted by molar-refractivity contribution is 5.96. The number of amides is 2. The number of nitrogens with one attached hydrogen (secondary N) is 2. The number of nitrogens with zero attached hydrogens (tertiary/aromatic N) is 3. The van der Waals surface area contributed by atoms with Crippen LogP contribution in [-0.2, 0) is 4.79 Å². The second-order valence-electron chi connectivity index (χ2n) is 5.70. The van der Waals surface area contributed by atoms with Crippen LogP contribution in [0.2, 0.25) is 0 Å². The number of aromatic nitrogens is 2. The highest BCUT2D eigenvalue weighted by Gasteiger charge is 2.04. The zero-order valence-electron chi connectivity index (χ0n) is 14.7. The van der Waals surface area contributed by atoms with Gasteiger partial charge in [-0.05, 0) is 41.5 Å². The first kappa shape index (κ1) is 18.7. The first-order valence-corrected chi connectivity index (χ1v) is 8.30. The van der Waals surface area contributed by atoms with Crippen molar-refractivity contribution in [2.24, 2.45) is 5.10 Å². The molecule has 2 aromatic carbocycles. The lowest BCUT2D eigenvalue weighted by molar-refractivity contribution is -0.124. The smallest absolute Gasteiger partial charge is 0.271 e. The highest BCUT2D eigenvalue weighted by Crippen LogP contribution is 2.09. The second kappa shape index (κ2) is 9.06. The molecule has 0 saturated heterocycles. The molecule has 0 aliphatic heterocycles. The second-order valence-corrected chi connectivity index (χ2v) is 5.70. The standard InChI is InChI=1S/C20H17N5O3/c26-19(24-28)9-6-15-2-1-3-17(12-15)20(27)23-22-13-16-4-7-18(8-5-16)25-11-10-21-14-25/h1-14,28H,(H,23,27)(H,24,26). The zero-order valence-corrected chi connectivity index (χ0v) is 14.7. The van der Waals surface area contributed by atoms with Crippen molar-refractivity contribution in [3.05, 3.63) is 90.0 Å². The van der Waals surface area contributed by atoms with Crippen LogP contribution in [0.15, 0.2) is 78.4 Å². The molecular weight excluding hydrogens is 358 g/mol. The van der Waals surface area contributed by atoms with Crippen LogP contribution in [0.1, 0.15) is 21.5 Å². The summed E-state index contributed by atoms with van der Waals surface area (Å²) in [6.45, 7) is 0. The highest BCUT2D eigenvalue weighted by atomic mass is 16.5. The van der Waals surface area contributed by atoms with E-state index in [9.17, 15) is 9.59 Å². The monoisotopic (exact) mass is 375 g/mol. The minimum atomic E-state index is -0.654. The SMILES string of the molecule is O=C(C=Cc1cccc(C(=O)NN=Cc2ccc(-n3ccnc3)cc2)c1)NO. The normalized spacial score (nSPS) is 11.0. The van der Waals surface area contributed by atoms with E-state index in [2.05, 4.69) is 15.5 Å². The van der Waals surface area contributed by atoms with E-state index in [1.165, 1.54) is 11.6 Å². The lowest BCUT2D eigenvalue weighted by Gasteiger charge is -2.03.